The van der Waals surface area contributed by atoms with Crippen LogP contribution in [-0.2, 0) is 6.42 Å². The molecule has 5 heteroatoms. The summed E-state index contributed by atoms with van der Waals surface area (Å²) in [5.41, 5.74) is 3.99. The lowest BCUT2D eigenvalue weighted by molar-refractivity contribution is 0.133. The first-order chi connectivity index (χ1) is 14.2. The maximum absolute atomic E-state index is 13.1. The van der Waals surface area contributed by atoms with E-state index in [9.17, 15) is 9.50 Å². The van der Waals surface area contributed by atoms with Gasteiger partial charge in [0.1, 0.15) is 11.9 Å². The highest BCUT2D eigenvalue weighted by molar-refractivity contribution is 5.76. The average molecular weight is 390 g/mol. The number of fused-ring (bicyclic) bond motifs is 1. The van der Waals surface area contributed by atoms with Crippen molar-refractivity contribution in [1.82, 2.24) is 9.97 Å². The van der Waals surface area contributed by atoms with Crippen molar-refractivity contribution in [3.8, 4) is 11.1 Å². The number of hydrogen-bond donors (Lipinski definition) is 1. The topological polar surface area (TPSA) is 59.2 Å². The van der Waals surface area contributed by atoms with Gasteiger partial charge in [0.2, 0.25) is 5.89 Å². The smallest absolute Gasteiger partial charge is 0.225 e. The van der Waals surface area contributed by atoms with Gasteiger partial charge in [0.25, 0.3) is 0 Å². The molecule has 0 saturated heterocycles. The first-order valence-electron chi connectivity index (χ1n) is 9.93. The minimum absolute atomic E-state index is 0.281. The van der Waals surface area contributed by atoms with Crippen LogP contribution in [-0.4, -0.2) is 15.1 Å². The lowest BCUT2D eigenvalue weighted by atomic mass is 10.0. The number of nitrogens with zero attached hydrogens (tertiary/aromatic N) is 2. The molecule has 2 aromatic carbocycles. The van der Waals surface area contributed by atoms with Crippen molar-refractivity contribution < 1.29 is 13.9 Å². The van der Waals surface area contributed by atoms with E-state index in [1.54, 1.807) is 18.3 Å². The SMILES string of the molecule is OC(CCCCCc1ccccc1)c1nc2ncc(-c3ccc(F)cc3)cc2o1. The van der Waals surface area contributed by atoms with Crippen LogP contribution in [0.5, 0.6) is 0 Å². The number of unbranched alkanes of at least 4 members (excludes halogenated alkanes) is 2. The number of aromatic nitrogens is 2. The fraction of sp³-hybridized carbons (Fsp3) is 0.250. The quantitative estimate of drug-likeness (QED) is 0.383. The molecule has 1 atom stereocenters. The molecule has 4 nitrogen and oxygen atoms in total. The number of rotatable bonds is 8. The average Bonchev–Trinajstić information content (AvgIpc) is 3.18. The maximum Gasteiger partial charge on any atom is 0.225 e. The number of aryl methyl sites for hydroxylation is 1. The van der Waals surface area contributed by atoms with Crippen molar-refractivity contribution in [2.24, 2.45) is 0 Å². The summed E-state index contributed by atoms with van der Waals surface area (Å²) in [4.78, 5) is 8.64. The van der Waals surface area contributed by atoms with Crippen LogP contribution in [0.2, 0.25) is 0 Å². The van der Waals surface area contributed by atoms with Crippen molar-refractivity contribution in [1.29, 1.82) is 0 Å². The summed E-state index contributed by atoms with van der Waals surface area (Å²) < 4.78 is 18.9. The fourth-order valence-corrected chi connectivity index (χ4v) is 3.39. The molecule has 2 aromatic heterocycles. The van der Waals surface area contributed by atoms with E-state index < -0.39 is 6.10 Å². The molecule has 0 spiro atoms. The van der Waals surface area contributed by atoms with Crippen LogP contribution in [0.15, 0.2) is 71.3 Å². The molecule has 0 aliphatic heterocycles. The van der Waals surface area contributed by atoms with Gasteiger partial charge in [-0.3, -0.25) is 0 Å². The Hall–Kier alpha value is -3.05. The van der Waals surface area contributed by atoms with E-state index in [2.05, 4.69) is 34.2 Å². The van der Waals surface area contributed by atoms with Gasteiger partial charge < -0.3 is 9.52 Å². The molecular formula is C24H23FN2O2. The van der Waals surface area contributed by atoms with Gasteiger partial charge in [0.15, 0.2) is 11.2 Å². The minimum atomic E-state index is -0.741. The van der Waals surface area contributed by atoms with E-state index in [0.717, 1.165) is 36.8 Å². The van der Waals surface area contributed by atoms with Crippen LogP contribution in [0.25, 0.3) is 22.4 Å². The van der Waals surface area contributed by atoms with Gasteiger partial charge in [-0.1, -0.05) is 55.3 Å². The number of hydrogen-bond acceptors (Lipinski definition) is 4. The van der Waals surface area contributed by atoms with Gasteiger partial charge >= 0.3 is 0 Å². The van der Waals surface area contributed by atoms with Crippen LogP contribution in [0, 0.1) is 5.82 Å². The van der Waals surface area contributed by atoms with Crippen LogP contribution in [0.1, 0.15) is 43.2 Å². The highest BCUT2D eigenvalue weighted by Gasteiger charge is 2.16. The van der Waals surface area contributed by atoms with Gasteiger partial charge in [0.05, 0.1) is 0 Å². The van der Waals surface area contributed by atoms with E-state index in [4.69, 9.17) is 4.42 Å². The predicted molar refractivity (Wildman–Crippen MR) is 111 cm³/mol. The number of aliphatic hydroxyl groups is 1. The molecule has 1 N–H and O–H groups in total. The Morgan fingerprint density at radius 1 is 0.931 bits per heavy atom. The Labute approximate surface area is 169 Å². The molecule has 1 unspecified atom stereocenters. The molecule has 0 bridgehead atoms. The van der Waals surface area contributed by atoms with E-state index in [-0.39, 0.29) is 5.82 Å². The van der Waals surface area contributed by atoms with Crippen LogP contribution < -0.4 is 0 Å². The molecule has 0 fully saturated rings. The van der Waals surface area contributed by atoms with Crippen LogP contribution >= 0.6 is 0 Å². The third kappa shape index (κ3) is 4.87. The van der Waals surface area contributed by atoms with Crippen LogP contribution in [0.3, 0.4) is 0 Å². The number of oxazole rings is 1. The van der Waals surface area contributed by atoms with Gasteiger partial charge in [0, 0.05) is 11.8 Å². The second kappa shape index (κ2) is 8.97. The first-order valence-corrected chi connectivity index (χ1v) is 9.93. The van der Waals surface area contributed by atoms with Gasteiger partial charge in [-0.2, -0.15) is 4.98 Å². The fourth-order valence-electron chi connectivity index (χ4n) is 3.39. The summed E-state index contributed by atoms with van der Waals surface area (Å²) in [5.74, 6) is 0.0171. The zero-order valence-electron chi connectivity index (χ0n) is 16.1. The van der Waals surface area contributed by atoms with Crippen molar-refractivity contribution in [2.45, 2.75) is 38.2 Å². The molecule has 0 amide bonds. The predicted octanol–water partition coefficient (Wildman–Crippen LogP) is 5.87. The number of halogens is 1. The Morgan fingerprint density at radius 2 is 1.72 bits per heavy atom. The molecule has 148 valence electrons. The Morgan fingerprint density at radius 3 is 2.52 bits per heavy atom. The zero-order chi connectivity index (χ0) is 20.1. The normalized spacial score (nSPS) is 12.3. The zero-order valence-corrected chi connectivity index (χ0v) is 16.1. The molecule has 0 aliphatic carbocycles. The van der Waals surface area contributed by atoms with E-state index in [0.29, 0.717) is 23.5 Å². The van der Waals surface area contributed by atoms with E-state index in [1.165, 1.54) is 17.7 Å². The van der Waals surface area contributed by atoms with Crippen molar-refractivity contribution in [3.63, 3.8) is 0 Å². The van der Waals surface area contributed by atoms with Crippen molar-refractivity contribution >= 4 is 11.2 Å². The highest BCUT2D eigenvalue weighted by Crippen LogP contribution is 2.27. The third-order valence-corrected chi connectivity index (χ3v) is 5.01. The number of aliphatic hydroxyl groups excluding tert-OH is 1. The summed E-state index contributed by atoms with van der Waals surface area (Å²) in [5, 5.41) is 10.4. The standard InChI is InChI=1S/C24H23FN2O2/c25-20-13-11-18(12-14-20)19-15-22-23(26-16-19)27-24(29-22)21(28)10-6-2-5-9-17-7-3-1-4-8-17/h1,3-4,7-8,11-16,21,28H,2,5-6,9-10H2. The summed E-state index contributed by atoms with van der Waals surface area (Å²) in [6, 6.07) is 18.4. The summed E-state index contributed by atoms with van der Waals surface area (Å²) in [6.45, 7) is 0. The molecule has 29 heavy (non-hydrogen) atoms. The molecule has 4 rings (SSSR count). The second-order valence-electron chi connectivity index (χ2n) is 7.21. The summed E-state index contributed by atoms with van der Waals surface area (Å²) in [6.07, 6.45) is 5.63. The molecule has 0 aliphatic rings. The largest absolute Gasteiger partial charge is 0.436 e. The van der Waals surface area contributed by atoms with E-state index >= 15 is 0 Å². The monoisotopic (exact) mass is 390 g/mol. The second-order valence-corrected chi connectivity index (χ2v) is 7.21. The highest BCUT2D eigenvalue weighted by atomic mass is 19.1. The maximum atomic E-state index is 13.1. The Bertz CT molecular complexity index is 1060. The molecular weight excluding hydrogens is 367 g/mol. The van der Waals surface area contributed by atoms with Crippen molar-refractivity contribution in [3.05, 3.63) is 84.1 Å². The van der Waals surface area contributed by atoms with Crippen molar-refractivity contribution in [2.75, 3.05) is 0 Å². The minimum Gasteiger partial charge on any atom is -0.436 e. The molecule has 0 radical (unpaired) electrons. The first kappa shape index (κ1) is 19.3. The van der Waals surface area contributed by atoms with E-state index in [1.807, 2.05) is 12.1 Å². The summed E-state index contributed by atoms with van der Waals surface area (Å²) >= 11 is 0. The molecule has 4 aromatic rings. The number of pyridine rings is 1. The van der Waals surface area contributed by atoms with Crippen LogP contribution in [0.4, 0.5) is 4.39 Å². The van der Waals surface area contributed by atoms with Gasteiger partial charge in [-0.05, 0) is 48.6 Å². The summed E-state index contributed by atoms with van der Waals surface area (Å²) in [7, 11) is 0. The van der Waals surface area contributed by atoms with Gasteiger partial charge in [-0.15, -0.1) is 0 Å². The molecule has 2 heterocycles. The van der Waals surface area contributed by atoms with Gasteiger partial charge in [-0.25, -0.2) is 9.37 Å². The third-order valence-electron chi connectivity index (χ3n) is 5.01. The lowest BCUT2D eigenvalue weighted by Crippen LogP contribution is -1.98. The number of benzene rings is 2. The Kier molecular flexibility index (Phi) is 5.96. The Balaban J connectivity index is 1.34. The lowest BCUT2D eigenvalue weighted by Gasteiger charge is -2.06. The molecule has 0 saturated carbocycles.